The van der Waals surface area contributed by atoms with Crippen LogP contribution < -0.4 is 10.6 Å². The Labute approximate surface area is 118 Å². The van der Waals surface area contributed by atoms with Crippen molar-refractivity contribution in [3.05, 3.63) is 0 Å². The van der Waals surface area contributed by atoms with Crippen molar-refractivity contribution in [1.29, 1.82) is 0 Å². The summed E-state index contributed by atoms with van der Waals surface area (Å²) >= 11 is 0. The second-order valence-corrected chi connectivity index (χ2v) is 4.93. The smallest absolute Gasteiger partial charge is 0.321 e. The summed E-state index contributed by atoms with van der Waals surface area (Å²) in [6, 6.07) is -0.518. The number of amides is 3. The van der Waals surface area contributed by atoms with Crippen LogP contribution in [0, 0.1) is 5.92 Å². The van der Waals surface area contributed by atoms with Crippen LogP contribution in [-0.2, 0) is 14.3 Å². The van der Waals surface area contributed by atoms with Gasteiger partial charge in [0.25, 0.3) is 5.91 Å². The molecule has 0 radical (unpaired) electrons. The van der Waals surface area contributed by atoms with Crippen LogP contribution in [0.3, 0.4) is 0 Å². The average Bonchev–Trinajstić information content (AvgIpc) is 2.43. The van der Waals surface area contributed by atoms with Crippen molar-refractivity contribution in [3.63, 3.8) is 0 Å². The van der Waals surface area contributed by atoms with Crippen LogP contribution in [0.5, 0.6) is 0 Å². The van der Waals surface area contributed by atoms with E-state index in [1.165, 1.54) is 0 Å². The maximum Gasteiger partial charge on any atom is 0.321 e. The van der Waals surface area contributed by atoms with Gasteiger partial charge in [-0.1, -0.05) is 6.92 Å². The predicted octanol–water partition coefficient (Wildman–Crippen LogP) is 0.882. The SMILES string of the molecule is CCCNC(=O)NC(=O)COC1CCC(C(=O)O)CC1. The topological polar surface area (TPSA) is 105 Å². The third kappa shape index (κ3) is 6.01. The van der Waals surface area contributed by atoms with Gasteiger partial charge in [-0.25, -0.2) is 4.79 Å². The zero-order valence-corrected chi connectivity index (χ0v) is 11.7. The summed E-state index contributed by atoms with van der Waals surface area (Å²) in [4.78, 5) is 33.4. The standard InChI is InChI=1S/C13H22N2O5/c1-2-7-14-13(19)15-11(16)8-20-10-5-3-9(4-6-10)12(17)18/h9-10H,2-8H2,1H3,(H,17,18)(H2,14,15,16,19). The minimum atomic E-state index is -0.770. The quantitative estimate of drug-likeness (QED) is 0.672. The molecule has 114 valence electrons. The van der Waals surface area contributed by atoms with Gasteiger partial charge in [0.05, 0.1) is 12.0 Å². The number of aliphatic carboxylic acids is 1. The van der Waals surface area contributed by atoms with Crippen molar-refractivity contribution >= 4 is 17.9 Å². The second-order valence-electron chi connectivity index (χ2n) is 4.93. The largest absolute Gasteiger partial charge is 0.481 e. The summed E-state index contributed by atoms with van der Waals surface area (Å²) in [5.41, 5.74) is 0. The molecule has 7 nitrogen and oxygen atoms in total. The molecule has 0 atom stereocenters. The second kappa shape index (κ2) is 8.52. The maximum atomic E-state index is 11.4. The van der Waals surface area contributed by atoms with Gasteiger partial charge in [-0.15, -0.1) is 0 Å². The van der Waals surface area contributed by atoms with Crippen LogP contribution in [0.4, 0.5) is 4.79 Å². The first-order chi connectivity index (χ1) is 9.52. The van der Waals surface area contributed by atoms with Gasteiger partial charge in [0.1, 0.15) is 6.61 Å². The zero-order valence-electron chi connectivity index (χ0n) is 11.7. The number of hydrogen-bond donors (Lipinski definition) is 3. The van der Waals surface area contributed by atoms with Crippen LogP contribution in [0.2, 0.25) is 0 Å². The Morgan fingerprint density at radius 1 is 1.20 bits per heavy atom. The lowest BCUT2D eigenvalue weighted by Gasteiger charge is -2.25. The Morgan fingerprint density at radius 3 is 2.40 bits per heavy atom. The Balaban J connectivity index is 2.16. The number of carbonyl (C=O) groups excluding carboxylic acids is 2. The van der Waals surface area contributed by atoms with Gasteiger partial charge < -0.3 is 15.2 Å². The minimum Gasteiger partial charge on any atom is -0.481 e. The molecule has 1 aliphatic rings. The van der Waals surface area contributed by atoms with E-state index in [0.717, 1.165) is 6.42 Å². The Kier molecular flexibility index (Phi) is 7.00. The third-order valence-electron chi connectivity index (χ3n) is 3.26. The molecule has 0 spiro atoms. The number of imide groups is 1. The van der Waals surface area contributed by atoms with E-state index >= 15 is 0 Å². The molecule has 0 aromatic carbocycles. The highest BCUT2D eigenvalue weighted by Gasteiger charge is 2.26. The van der Waals surface area contributed by atoms with Gasteiger partial charge in [0.15, 0.2) is 0 Å². The number of carboxylic acid groups (broad SMARTS) is 1. The van der Waals surface area contributed by atoms with E-state index in [1.807, 2.05) is 6.92 Å². The number of hydrogen-bond acceptors (Lipinski definition) is 4. The normalized spacial score (nSPS) is 22.1. The number of ether oxygens (including phenoxy) is 1. The number of carbonyl (C=O) groups is 3. The first-order valence-electron chi connectivity index (χ1n) is 6.95. The third-order valence-corrected chi connectivity index (χ3v) is 3.26. The van der Waals surface area contributed by atoms with E-state index in [1.54, 1.807) is 0 Å². The number of urea groups is 1. The zero-order chi connectivity index (χ0) is 15.0. The summed E-state index contributed by atoms with van der Waals surface area (Å²) in [6.07, 6.45) is 3.09. The van der Waals surface area contributed by atoms with Crippen LogP contribution >= 0.6 is 0 Å². The summed E-state index contributed by atoms with van der Waals surface area (Å²) in [5.74, 6) is -1.56. The molecule has 0 unspecified atom stereocenters. The highest BCUT2D eigenvalue weighted by molar-refractivity contribution is 5.94. The van der Waals surface area contributed by atoms with Crippen molar-refractivity contribution in [1.82, 2.24) is 10.6 Å². The van der Waals surface area contributed by atoms with Crippen molar-refractivity contribution < 1.29 is 24.2 Å². The number of nitrogens with one attached hydrogen (secondary N) is 2. The fourth-order valence-corrected chi connectivity index (χ4v) is 2.12. The minimum absolute atomic E-state index is 0.102. The van der Waals surface area contributed by atoms with Crippen LogP contribution in [-0.4, -0.2) is 42.3 Å². The van der Waals surface area contributed by atoms with Crippen molar-refractivity contribution in [2.24, 2.45) is 5.92 Å². The average molecular weight is 286 g/mol. The van der Waals surface area contributed by atoms with Crippen molar-refractivity contribution in [3.8, 4) is 0 Å². The molecular weight excluding hydrogens is 264 g/mol. The molecule has 1 saturated carbocycles. The summed E-state index contributed by atoms with van der Waals surface area (Å²) in [6.45, 7) is 2.25. The lowest BCUT2D eigenvalue weighted by atomic mass is 9.87. The van der Waals surface area contributed by atoms with Gasteiger partial charge in [-0.05, 0) is 32.1 Å². The van der Waals surface area contributed by atoms with E-state index in [-0.39, 0.29) is 18.6 Å². The van der Waals surface area contributed by atoms with E-state index in [2.05, 4.69) is 10.6 Å². The summed E-state index contributed by atoms with van der Waals surface area (Å²) in [7, 11) is 0. The molecule has 1 rings (SSSR count). The molecule has 0 aromatic heterocycles. The predicted molar refractivity (Wildman–Crippen MR) is 71.2 cm³/mol. The summed E-state index contributed by atoms with van der Waals surface area (Å²) < 4.78 is 5.39. The molecule has 7 heteroatoms. The molecule has 3 N–H and O–H groups in total. The van der Waals surface area contributed by atoms with E-state index < -0.39 is 17.9 Å². The molecule has 0 saturated heterocycles. The molecule has 3 amide bonds. The Bertz CT molecular complexity index is 351. The van der Waals surface area contributed by atoms with E-state index in [4.69, 9.17) is 9.84 Å². The van der Waals surface area contributed by atoms with Crippen LogP contribution in [0.1, 0.15) is 39.0 Å². The van der Waals surface area contributed by atoms with Gasteiger partial charge in [-0.2, -0.15) is 0 Å². The highest BCUT2D eigenvalue weighted by Crippen LogP contribution is 2.26. The lowest BCUT2D eigenvalue weighted by molar-refractivity contribution is -0.144. The van der Waals surface area contributed by atoms with E-state index in [9.17, 15) is 14.4 Å². The Hall–Kier alpha value is -1.63. The van der Waals surface area contributed by atoms with Gasteiger partial charge in [0, 0.05) is 6.54 Å². The van der Waals surface area contributed by atoms with E-state index in [0.29, 0.717) is 32.2 Å². The highest BCUT2D eigenvalue weighted by atomic mass is 16.5. The molecule has 1 aliphatic carbocycles. The first-order valence-corrected chi connectivity index (χ1v) is 6.95. The molecule has 0 aliphatic heterocycles. The summed E-state index contributed by atoms with van der Waals surface area (Å²) in [5, 5.41) is 13.6. The van der Waals surface area contributed by atoms with Crippen LogP contribution in [0.25, 0.3) is 0 Å². The molecule has 0 heterocycles. The van der Waals surface area contributed by atoms with Crippen LogP contribution in [0.15, 0.2) is 0 Å². The number of carboxylic acids is 1. The molecule has 0 bridgehead atoms. The monoisotopic (exact) mass is 286 g/mol. The fraction of sp³-hybridized carbons (Fsp3) is 0.769. The van der Waals surface area contributed by atoms with Gasteiger partial charge in [-0.3, -0.25) is 14.9 Å². The van der Waals surface area contributed by atoms with Gasteiger partial charge >= 0.3 is 12.0 Å². The van der Waals surface area contributed by atoms with Gasteiger partial charge in [0.2, 0.25) is 0 Å². The molecule has 0 aromatic rings. The lowest BCUT2D eigenvalue weighted by Crippen LogP contribution is -2.42. The first kappa shape index (κ1) is 16.4. The molecule has 1 fully saturated rings. The fourth-order valence-electron chi connectivity index (χ4n) is 2.12. The molecular formula is C13H22N2O5. The van der Waals surface area contributed by atoms with Crippen molar-refractivity contribution in [2.75, 3.05) is 13.2 Å². The van der Waals surface area contributed by atoms with Crippen molar-refractivity contribution in [2.45, 2.75) is 45.1 Å². The Morgan fingerprint density at radius 2 is 1.85 bits per heavy atom. The molecule has 20 heavy (non-hydrogen) atoms. The number of rotatable bonds is 6. The maximum absolute atomic E-state index is 11.4.